The molecule has 5 aromatic rings. The Kier molecular flexibility index (Phi) is 42.1. The van der Waals surface area contributed by atoms with Crippen LogP contribution in [0.15, 0.2) is 118 Å². The molecule has 1 saturated heterocycles. The lowest BCUT2D eigenvalue weighted by Gasteiger charge is -2.38. The predicted molar refractivity (Wildman–Crippen MR) is 515 cm³/mol. The Morgan fingerprint density at radius 2 is 1.42 bits per heavy atom. The largest absolute Gasteiger partial charge is 0.547 e. The molecule has 4 aromatic carbocycles. The minimum absolute atomic E-state index is 0.00236. The number of hydrogen-bond acceptors (Lipinski definition) is 26. The van der Waals surface area contributed by atoms with Crippen molar-refractivity contribution < 1.29 is 139 Å². The number of aromatic nitrogens is 2. The molecule has 0 bridgehead atoms. The number of benzene rings is 4. The van der Waals surface area contributed by atoms with Crippen LogP contribution in [0.4, 0.5) is 10.5 Å². The maximum absolute atomic E-state index is 14.5. The van der Waals surface area contributed by atoms with Gasteiger partial charge in [0, 0.05) is 135 Å². The summed E-state index contributed by atoms with van der Waals surface area (Å²) in [6.07, 6.45) is 5.37. The van der Waals surface area contributed by atoms with E-state index in [1.54, 1.807) is 18.9 Å². The van der Waals surface area contributed by atoms with Gasteiger partial charge >= 0.3 is 48.0 Å². The topological polar surface area (TPSA) is 600 Å². The van der Waals surface area contributed by atoms with Gasteiger partial charge in [-0.25, -0.2) is 23.5 Å². The molecule has 3 heterocycles. The number of hydrogen-bond donors (Lipinski definition) is 15. The van der Waals surface area contributed by atoms with Gasteiger partial charge in [-0.2, -0.15) is 13.7 Å². The molecule has 752 valence electrons. The monoisotopic (exact) mass is 2030 g/mol. The zero-order valence-corrected chi connectivity index (χ0v) is 82.8. The molecule has 40 nitrogen and oxygen atoms in total. The van der Waals surface area contributed by atoms with E-state index in [9.17, 15) is 111 Å². The van der Waals surface area contributed by atoms with Crippen molar-refractivity contribution in [2.45, 2.75) is 231 Å². The van der Waals surface area contributed by atoms with E-state index in [2.05, 4.69) is 115 Å². The number of aliphatic hydroxyl groups excluding tert-OH is 1. The van der Waals surface area contributed by atoms with Gasteiger partial charge in [0.25, 0.3) is 23.2 Å². The summed E-state index contributed by atoms with van der Waals surface area (Å²) >= 11 is 0. The molecule has 139 heavy (non-hydrogen) atoms. The molecule has 4 aliphatic rings. The van der Waals surface area contributed by atoms with Crippen molar-refractivity contribution in [1.82, 2.24) is 41.0 Å². The van der Waals surface area contributed by atoms with Gasteiger partial charge in [-0.05, 0) is 156 Å². The number of carboxylic acid groups (broad SMARTS) is 2. The lowest BCUT2D eigenvalue weighted by Crippen LogP contribution is -2.72. The Hall–Kier alpha value is -10.6. The third-order valence-electron chi connectivity index (χ3n) is 23.7. The van der Waals surface area contributed by atoms with E-state index in [0.717, 1.165) is 47.8 Å². The number of aryl methyl sites for hydroxylation is 2. The number of rotatable bonds is 54. The molecule has 10 unspecified atom stereocenters. The van der Waals surface area contributed by atoms with Crippen molar-refractivity contribution >= 4 is 139 Å². The van der Waals surface area contributed by atoms with Crippen molar-refractivity contribution in [2.75, 3.05) is 57.2 Å². The smallest absolute Gasteiger partial charge is 0.496 e. The molecule has 2 aliphatic carbocycles. The van der Waals surface area contributed by atoms with Crippen molar-refractivity contribution in [2.24, 2.45) is 11.8 Å². The van der Waals surface area contributed by atoms with Crippen LogP contribution >= 0.6 is 45.1 Å². The van der Waals surface area contributed by atoms with Crippen LogP contribution in [-0.4, -0.2) is 219 Å². The third-order valence-corrected chi connectivity index (χ3v) is 30.9. The summed E-state index contributed by atoms with van der Waals surface area (Å²) < 4.78 is 58.6. The van der Waals surface area contributed by atoms with Crippen molar-refractivity contribution in [3.8, 4) is 17.6 Å². The molecule has 1 fully saturated rings. The number of nitrogens with zero attached hydrogens (tertiary/aromatic N) is 3. The number of phosphoric ester groups is 1. The highest BCUT2D eigenvalue weighted by Gasteiger charge is 2.46. The van der Waals surface area contributed by atoms with Gasteiger partial charge < -0.3 is 75.8 Å². The number of aliphatic carboxylic acids is 2. The number of aromatic amines is 1. The van der Waals surface area contributed by atoms with Crippen LogP contribution in [0, 0.1) is 30.6 Å². The summed E-state index contributed by atoms with van der Waals surface area (Å²) in [5.74, 6) is -2.90. The van der Waals surface area contributed by atoms with Crippen LogP contribution in [0.3, 0.4) is 0 Å². The highest BCUT2D eigenvalue weighted by Crippen LogP contribution is 2.66. The predicted octanol–water partition coefficient (Wildman–Crippen LogP) is 7.77. The number of phosphoric acid groups is 3. The number of nitrogens with one attached hydrogen (secondary N) is 7. The third kappa shape index (κ3) is 33.8. The molecular formula is C93H121BN10O30P3S2+. The first-order chi connectivity index (χ1) is 65.8. The number of ether oxygens (including phenoxy) is 1. The second-order valence-electron chi connectivity index (χ2n) is 34.9. The highest BCUT2D eigenvalue weighted by atomic mass is 33.1. The number of H-pyrrole nitrogens is 1. The quantitative estimate of drug-likeness (QED) is 0.00336. The minimum atomic E-state index is -5.86. The van der Waals surface area contributed by atoms with Crippen LogP contribution in [-0.2, 0) is 82.8 Å². The van der Waals surface area contributed by atoms with E-state index in [1.165, 1.54) is 97.5 Å². The number of carboxylic acids is 2. The lowest BCUT2D eigenvalue weighted by molar-refractivity contribution is -0.451. The number of ketones is 3. The van der Waals surface area contributed by atoms with E-state index in [0.29, 0.717) is 62.1 Å². The minimum Gasteiger partial charge on any atom is -0.547 e. The fourth-order valence-electron chi connectivity index (χ4n) is 16.4. The summed E-state index contributed by atoms with van der Waals surface area (Å²) in [7, 11) is -12.6. The molecule has 9 rings (SSSR count). The number of carbonyl (C=O) groups excluding carboxylic acids is 10. The van der Waals surface area contributed by atoms with Gasteiger partial charge in [-0.15, -0.1) is 0 Å². The summed E-state index contributed by atoms with van der Waals surface area (Å²) in [5, 5.41) is 54.5. The SMILES string of the molecule is CCCc1cc2c(cc1C)C(c1ccccc1C(=O)N(C)CCCC(=O)NCCCNC(=O)c1ccc3c(c1)N(O)C(=O)B(c1ccc(C(=O)CCCC(=O)NC(CCC(C)(C)SSCCC(=O)NCC#Cc4cn(C5CC(O)C(COP(=O)(O)OP(=O)(O)OP(=O)(O)O)O5)c(=O)[nH]c4=O)C(=O)CCCCCCC(=O)NC(CC(=O)O)C(=O)CC(CC)C(=O)O)cc1)O3)C1C=C(C)C(=[NH+]CC)C=C1C2. The summed E-state index contributed by atoms with van der Waals surface area (Å²) in [5.41, 5.74) is 8.57. The zero-order valence-electron chi connectivity index (χ0n) is 78.5. The zero-order chi connectivity index (χ0) is 102. The molecule has 0 spiro atoms. The lowest BCUT2D eigenvalue weighted by atomic mass is 9.59. The molecule has 2 aliphatic heterocycles. The van der Waals surface area contributed by atoms with E-state index in [4.69, 9.17) is 19.2 Å². The maximum Gasteiger partial charge on any atom is 0.496 e. The molecule has 15 N–H and O–H groups in total. The second-order valence-corrected chi connectivity index (χ2v) is 42.5. The van der Waals surface area contributed by atoms with Crippen LogP contribution in [0.25, 0.3) is 0 Å². The molecule has 0 saturated carbocycles. The van der Waals surface area contributed by atoms with Gasteiger partial charge in [0.05, 0.1) is 43.7 Å². The number of allylic oxidation sites excluding steroid dienone is 4. The van der Waals surface area contributed by atoms with Crippen molar-refractivity contribution in [3.63, 3.8) is 0 Å². The number of anilines is 1. The molecule has 1 aromatic heterocycles. The Labute approximate surface area is 811 Å². The van der Waals surface area contributed by atoms with Crippen LogP contribution in [0.1, 0.15) is 247 Å². The maximum atomic E-state index is 14.5. The number of aliphatic hydroxyl groups is 1. The fourth-order valence-corrected chi connectivity index (χ4v) is 22.0. The van der Waals surface area contributed by atoms with Gasteiger partial charge in [-0.1, -0.05) is 133 Å². The number of unbranched alkanes of at least 4 members (excludes halogenated alkanes) is 3. The Bertz CT molecular complexity index is 5820. The first-order valence-electron chi connectivity index (χ1n) is 45.9. The van der Waals surface area contributed by atoms with E-state index < -0.39 is 149 Å². The fraction of sp³-hybridized carbons (Fsp3) is 0.495. The van der Waals surface area contributed by atoms with Crippen LogP contribution < -0.4 is 58.0 Å². The molecule has 10 atom stereocenters. The molecule has 0 radical (unpaired) electrons. The van der Waals surface area contributed by atoms with Gasteiger partial charge in [-0.3, -0.25) is 81.6 Å². The van der Waals surface area contributed by atoms with E-state index in [1.807, 2.05) is 37.0 Å². The standard InChI is InChI=1S/C93H120BN10O30P3S2/c1-9-22-60-47-63-48-64-49-71(95-11-3)57(5)46-69(64)86(68(63)45-56(60)4)66-24-16-17-25-67(66)89(117)102(8)43-20-30-80(109)97-41-21-42-98-87(115)61-33-36-78-73(50-61)104(122)91(120)94(132-78)65-34-31-59(32-35-65)74(105)27-18-29-83(112)99-70(75(106)26-14-12-13-15-28-82(111)100-72(52-85(113)114)76(107)51-58(10-2)90(118)119)37-39-93(6,7)139-138-44-38-81(110)96-40-19-23-62-54-103(92(121)101-88(62)116)84-53-77(108)79(131-84)55-130-136(126,127)134-137(128,129)133-135(123,124)125/h16-17,24-25,31-36,45-47,49-50,54,58,69-70,72,77,79,84,86,108,122H,9-15,18,20-22,26-30,37-44,48,51-53,55H2,1-8H3,(H,96,110)(H,97,109)(H,98,115)(H,99,112)(H,100,111)(H,113,114)(H,118,119)(H,126,127)(H,128,129)(H,101,116,121)(H2,123,124,125)/p+1. The van der Waals surface area contributed by atoms with E-state index in [-0.39, 0.29) is 158 Å². The Balaban J connectivity index is 0.711. The average Bonchev–Trinajstić information content (AvgIpc) is 1.11. The Morgan fingerprint density at radius 3 is 2.12 bits per heavy atom. The molecule has 46 heteroatoms. The van der Waals surface area contributed by atoms with Crippen molar-refractivity contribution in [1.29, 1.82) is 0 Å². The number of fused-ring (bicyclic) bond motifs is 3. The van der Waals surface area contributed by atoms with Gasteiger partial charge in [0.15, 0.2) is 17.3 Å². The van der Waals surface area contributed by atoms with Gasteiger partial charge in [0.2, 0.25) is 29.3 Å². The van der Waals surface area contributed by atoms with E-state index >= 15 is 0 Å². The summed E-state index contributed by atoms with van der Waals surface area (Å²) in [6, 6.07) is 20.2. The van der Waals surface area contributed by atoms with Gasteiger partial charge in [0.1, 0.15) is 35.9 Å². The second kappa shape index (κ2) is 52.2. The molecular weight excluding hydrogens is 1900 g/mol. The number of Topliss-reactive ketones (excluding diaryl/α,β-unsaturated/α-hetero) is 3. The van der Waals surface area contributed by atoms with Crippen LogP contribution in [0.2, 0.25) is 0 Å². The molecule has 7 amide bonds. The summed E-state index contributed by atoms with van der Waals surface area (Å²) in [6.45, 7) is 12.9. The Morgan fingerprint density at radius 1 is 0.748 bits per heavy atom. The number of hydroxylamine groups is 1. The van der Waals surface area contributed by atoms with Crippen molar-refractivity contribution in [3.05, 3.63) is 179 Å². The summed E-state index contributed by atoms with van der Waals surface area (Å²) in [4.78, 5) is 227. The first kappa shape index (κ1) is 112. The first-order valence-corrected chi connectivity index (χ1v) is 52.7. The normalized spacial score (nSPS) is 18.0. The highest BCUT2D eigenvalue weighted by molar-refractivity contribution is 8.77. The average molecular weight is 2030 g/mol. The number of amides is 7. The van der Waals surface area contributed by atoms with Crippen LogP contribution in [0.5, 0.6) is 5.75 Å². The number of carbonyl (C=O) groups is 12.